The molecular formula is C14H23N5O2. The van der Waals surface area contributed by atoms with Crippen LogP contribution in [0, 0.1) is 6.92 Å². The molecule has 0 spiro atoms. The minimum absolute atomic E-state index is 0.0595. The molecule has 0 bridgehead atoms. The van der Waals surface area contributed by atoms with Crippen molar-refractivity contribution in [1.82, 2.24) is 15.3 Å². The van der Waals surface area contributed by atoms with Crippen LogP contribution in [0.1, 0.15) is 18.9 Å². The number of anilines is 2. The van der Waals surface area contributed by atoms with E-state index in [0.29, 0.717) is 19.8 Å². The number of rotatable bonds is 5. The number of nitrogens with one attached hydrogen (secondary N) is 2. The average molecular weight is 293 g/mol. The molecule has 2 heterocycles. The van der Waals surface area contributed by atoms with Crippen LogP contribution in [0.15, 0.2) is 6.33 Å². The highest BCUT2D eigenvalue weighted by molar-refractivity contribution is 5.85. The molecule has 1 aromatic heterocycles. The number of aromatic nitrogens is 2. The van der Waals surface area contributed by atoms with E-state index in [1.54, 1.807) is 7.05 Å². The van der Waals surface area contributed by atoms with E-state index in [0.717, 1.165) is 30.2 Å². The highest BCUT2D eigenvalue weighted by Gasteiger charge is 2.31. The number of ether oxygens (including phenoxy) is 1. The van der Waals surface area contributed by atoms with E-state index in [2.05, 4.69) is 27.5 Å². The maximum Gasteiger partial charge on any atom is 0.244 e. The van der Waals surface area contributed by atoms with Crippen molar-refractivity contribution in [2.45, 2.75) is 26.3 Å². The molecule has 0 radical (unpaired) electrons. The first kappa shape index (κ1) is 15.5. The van der Waals surface area contributed by atoms with E-state index < -0.39 is 0 Å². The molecule has 1 aromatic rings. The predicted molar refractivity (Wildman–Crippen MR) is 81.6 cm³/mol. The van der Waals surface area contributed by atoms with Gasteiger partial charge in [0.25, 0.3) is 0 Å². The molecule has 1 aliphatic rings. The predicted octanol–water partition coefficient (Wildman–Crippen LogP) is 0.558. The summed E-state index contributed by atoms with van der Waals surface area (Å²) in [7, 11) is 1.64. The first-order valence-electron chi connectivity index (χ1n) is 7.30. The highest BCUT2D eigenvalue weighted by atomic mass is 16.5. The lowest BCUT2D eigenvalue weighted by Gasteiger charge is -2.36. The van der Waals surface area contributed by atoms with Crippen LogP contribution < -0.4 is 15.5 Å². The zero-order chi connectivity index (χ0) is 15.2. The van der Waals surface area contributed by atoms with Crippen molar-refractivity contribution in [1.29, 1.82) is 0 Å². The zero-order valence-electron chi connectivity index (χ0n) is 12.8. The molecule has 1 unspecified atom stereocenters. The highest BCUT2D eigenvalue weighted by Crippen LogP contribution is 2.25. The summed E-state index contributed by atoms with van der Waals surface area (Å²) in [5, 5.41) is 5.97. The van der Waals surface area contributed by atoms with E-state index >= 15 is 0 Å². The van der Waals surface area contributed by atoms with Crippen LogP contribution >= 0.6 is 0 Å². The third kappa shape index (κ3) is 3.41. The second-order valence-electron chi connectivity index (χ2n) is 5.00. The van der Waals surface area contributed by atoms with Gasteiger partial charge < -0.3 is 20.3 Å². The molecule has 116 valence electrons. The maximum absolute atomic E-state index is 12.0. The Hall–Kier alpha value is -1.89. The Morgan fingerprint density at radius 1 is 1.52 bits per heavy atom. The van der Waals surface area contributed by atoms with E-state index in [-0.39, 0.29) is 11.9 Å². The van der Waals surface area contributed by atoms with Gasteiger partial charge in [-0.25, -0.2) is 9.97 Å². The number of carbonyl (C=O) groups excluding carboxylic acids is 1. The SMILES string of the molecule is CCCNc1ncnc(N2CCOCC2C(=O)NC)c1C. The molecule has 1 aliphatic heterocycles. The summed E-state index contributed by atoms with van der Waals surface area (Å²) in [6.45, 7) is 6.55. The molecule has 0 aliphatic carbocycles. The van der Waals surface area contributed by atoms with E-state index in [9.17, 15) is 4.79 Å². The topological polar surface area (TPSA) is 79.4 Å². The van der Waals surface area contributed by atoms with Crippen molar-refractivity contribution in [3.05, 3.63) is 11.9 Å². The Morgan fingerprint density at radius 3 is 3.05 bits per heavy atom. The summed E-state index contributed by atoms with van der Waals surface area (Å²) in [4.78, 5) is 22.7. The summed E-state index contributed by atoms with van der Waals surface area (Å²) < 4.78 is 5.43. The molecule has 21 heavy (non-hydrogen) atoms. The molecule has 1 amide bonds. The fraction of sp³-hybridized carbons (Fsp3) is 0.643. The standard InChI is InChI=1S/C14H23N5O2/c1-4-5-16-12-10(2)13(18-9-17-12)19-6-7-21-8-11(19)14(20)15-3/h9,11H,4-8H2,1-3H3,(H,15,20)(H,16,17,18). The summed E-state index contributed by atoms with van der Waals surface area (Å²) in [5.74, 6) is 1.56. The van der Waals surface area contributed by atoms with Gasteiger partial charge >= 0.3 is 0 Å². The van der Waals surface area contributed by atoms with Gasteiger partial charge in [0.05, 0.1) is 13.2 Å². The summed E-state index contributed by atoms with van der Waals surface area (Å²) >= 11 is 0. The Balaban J connectivity index is 2.28. The molecule has 1 atom stereocenters. The molecular weight excluding hydrogens is 270 g/mol. The number of hydrogen-bond acceptors (Lipinski definition) is 6. The first-order valence-corrected chi connectivity index (χ1v) is 7.30. The first-order chi connectivity index (χ1) is 10.2. The monoisotopic (exact) mass is 293 g/mol. The largest absolute Gasteiger partial charge is 0.377 e. The van der Waals surface area contributed by atoms with Crippen molar-refractivity contribution in [2.24, 2.45) is 0 Å². The lowest BCUT2D eigenvalue weighted by Crippen LogP contribution is -2.54. The van der Waals surface area contributed by atoms with Gasteiger partial charge in [-0.1, -0.05) is 6.92 Å². The Bertz CT molecular complexity index is 494. The van der Waals surface area contributed by atoms with Crippen molar-refractivity contribution in [3.63, 3.8) is 0 Å². The molecule has 7 heteroatoms. The van der Waals surface area contributed by atoms with Crippen molar-refractivity contribution >= 4 is 17.5 Å². The fourth-order valence-electron chi connectivity index (χ4n) is 2.39. The quantitative estimate of drug-likeness (QED) is 0.826. The van der Waals surface area contributed by atoms with Gasteiger partial charge in [-0.3, -0.25) is 4.79 Å². The Morgan fingerprint density at radius 2 is 2.33 bits per heavy atom. The summed E-state index contributed by atoms with van der Waals surface area (Å²) in [6.07, 6.45) is 2.56. The van der Waals surface area contributed by atoms with E-state index in [4.69, 9.17) is 4.74 Å². The van der Waals surface area contributed by atoms with Crippen LogP contribution in [0.3, 0.4) is 0 Å². The Labute approximate surface area is 125 Å². The maximum atomic E-state index is 12.0. The van der Waals surface area contributed by atoms with Crippen molar-refractivity contribution < 1.29 is 9.53 Å². The zero-order valence-corrected chi connectivity index (χ0v) is 12.8. The second-order valence-corrected chi connectivity index (χ2v) is 5.00. The number of likely N-dealkylation sites (N-methyl/N-ethyl adjacent to an activating group) is 1. The third-order valence-electron chi connectivity index (χ3n) is 3.55. The number of hydrogen-bond donors (Lipinski definition) is 2. The number of morpholine rings is 1. The van der Waals surface area contributed by atoms with Gasteiger partial charge in [-0.2, -0.15) is 0 Å². The van der Waals surface area contributed by atoms with Crippen LogP contribution in [0.25, 0.3) is 0 Å². The smallest absolute Gasteiger partial charge is 0.244 e. The van der Waals surface area contributed by atoms with Gasteiger partial charge in [-0.15, -0.1) is 0 Å². The van der Waals surface area contributed by atoms with Gasteiger partial charge in [-0.05, 0) is 13.3 Å². The van der Waals surface area contributed by atoms with E-state index in [1.807, 2.05) is 11.8 Å². The van der Waals surface area contributed by atoms with Gasteiger partial charge in [0.2, 0.25) is 5.91 Å². The molecule has 7 nitrogen and oxygen atoms in total. The molecule has 0 aromatic carbocycles. The van der Waals surface area contributed by atoms with Crippen LogP contribution in [-0.2, 0) is 9.53 Å². The minimum atomic E-state index is -0.351. The van der Waals surface area contributed by atoms with Crippen LogP contribution in [0.4, 0.5) is 11.6 Å². The minimum Gasteiger partial charge on any atom is -0.377 e. The molecule has 2 N–H and O–H groups in total. The molecule has 0 saturated carbocycles. The lowest BCUT2D eigenvalue weighted by atomic mass is 10.1. The summed E-state index contributed by atoms with van der Waals surface area (Å²) in [5.41, 5.74) is 0.960. The average Bonchev–Trinajstić information content (AvgIpc) is 2.53. The fourth-order valence-corrected chi connectivity index (χ4v) is 2.39. The van der Waals surface area contributed by atoms with Gasteiger partial charge in [0.1, 0.15) is 24.0 Å². The number of nitrogens with zero attached hydrogens (tertiary/aromatic N) is 3. The molecule has 1 saturated heterocycles. The van der Waals surface area contributed by atoms with Crippen LogP contribution in [-0.4, -0.2) is 55.3 Å². The van der Waals surface area contributed by atoms with E-state index in [1.165, 1.54) is 6.33 Å². The Kier molecular flexibility index (Phi) is 5.32. The second kappa shape index (κ2) is 7.21. The molecule has 2 rings (SSSR count). The molecule has 1 fully saturated rings. The summed E-state index contributed by atoms with van der Waals surface area (Å²) in [6, 6.07) is -0.351. The van der Waals surface area contributed by atoms with Gasteiger partial charge in [0, 0.05) is 25.7 Å². The van der Waals surface area contributed by atoms with Crippen LogP contribution in [0.5, 0.6) is 0 Å². The normalized spacial score (nSPS) is 18.4. The number of amides is 1. The van der Waals surface area contributed by atoms with Gasteiger partial charge in [0.15, 0.2) is 0 Å². The lowest BCUT2D eigenvalue weighted by molar-refractivity contribution is -0.124. The van der Waals surface area contributed by atoms with Crippen molar-refractivity contribution in [3.8, 4) is 0 Å². The van der Waals surface area contributed by atoms with Crippen LogP contribution in [0.2, 0.25) is 0 Å². The van der Waals surface area contributed by atoms with Crippen molar-refractivity contribution in [2.75, 3.05) is 43.6 Å². The third-order valence-corrected chi connectivity index (χ3v) is 3.55. The number of carbonyl (C=O) groups is 1.